The number of nitrogens with two attached hydrogens (primary N) is 1. The van der Waals surface area contributed by atoms with E-state index in [1.54, 1.807) is 17.0 Å². The Morgan fingerprint density at radius 2 is 2.23 bits per heavy atom. The molecule has 0 radical (unpaired) electrons. The first-order chi connectivity index (χ1) is 10.0. The van der Waals surface area contributed by atoms with Crippen LogP contribution in [0.3, 0.4) is 0 Å². The Morgan fingerprint density at radius 3 is 2.73 bits per heavy atom. The molecule has 0 aromatic carbocycles. The van der Waals surface area contributed by atoms with E-state index in [2.05, 4.69) is 5.32 Å². The largest absolute Gasteiger partial charge is 0.459 e. The van der Waals surface area contributed by atoms with Crippen molar-refractivity contribution in [3.05, 3.63) is 24.2 Å². The van der Waals surface area contributed by atoms with E-state index in [-0.39, 0.29) is 35.9 Å². The molecule has 0 saturated carbocycles. The van der Waals surface area contributed by atoms with Crippen LogP contribution in [0.25, 0.3) is 0 Å². The summed E-state index contributed by atoms with van der Waals surface area (Å²) >= 11 is 0. The summed E-state index contributed by atoms with van der Waals surface area (Å²) in [5, 5.41) is 2.77. The minimum absolute atomic E-state index is 0. The van der Waals surface area contributed by atoms with Crippen molar-refractivity contribution >= 4 is 24.2 Å². The SMILES string of the molecule is CC(C)C(NC(=O)c1ccco1)C(=O)N1CCC(CN)C1.Cl. The van der Waals surface area contributed by atoms with Crippen molar-refractivity contribution in [3.63, 3.8) is 0 Å². The number of likely N-dealkylation sites (tertiary alicyclic amines) is 1. The van der Waals surface area contributed by atoms with E-state index >= 15 is 0 Å². The number of carbonyl (C=O) groups excluding carboxylic acids is 2. The lowest BCUT2D eigenvalue weighted by Gasteiger charge is -2.26. The summed E-state index contributed by atoms with van der Waals surface area (Å²) in [7, 11) is 0. The Balaban J connectivity index is 0.00000242. The lowest BCUT2D eigenvalue weighted by atomic mass is 10.0. The highest BCUT2D eigenvalue weighted by Crippen LogP contribution is 2.18. The first-order valence-electron chi connectivity index (χ1n) is 7.36. The zero-order valence-electron chi connectivity index (χ0n) is 13.0. The highest BCUT2D eigenvalue weighted by molar-refractivity contribution is 5.95. The molecule has 7 heteroatoms. The van der Waals surface area contributed by atoms with Gasteiger partial charge in [-0.2, -0.15) is 0 Å². The number of halogens is 1. The van der Waals surface area contributed by atoms with Crippen molar-refractivity contribution in [2.75, 3.05) is 19.6 Å². The van der Waals surface area contributed by atoms with Crippen molar-refractivity contribution in [2.45, 2.75) is 26.3 Å². The summed E-state index contributed by atoms with van der Waals surface area (Å²) in [5.41, 5.74) is 5.66. The lowest BCUT2D eigenvalue weighted by Crippen LogP contribution is -2.50. The second kappa shape index (κ2) is 8.19. The Morgan fingerprint density at radius 1 is 1.50 bits per heavy atom. The van der Waals surface area contributed by atoms with Crippen LogP contribution in [-0.2, 0) is 4.79 Å². The van der Waals surface area contributed by atoms with Crippen molar-refractivity contribution in [1.82, 2.24) is 10.2 Å². The van der Waals surface area contributed by atoms with Crippen LogP contribution in [0.15, 0.2) is 22.8 Å². The third-order valence-electron chi connectivity index (χ3n) is 3.90. The van der Waals surface area contributed by atoms with E-state index in [1.807, 2.05) is 13.8 Å². The molecule has 2 unspecified atom stereocenters. The molecular weight excluding hydrogens is 306 g/mol. The average Bonchev–Trinajstić information content (AvgIpc) is 3.13. The highest BCUT2D eigenvalue weighted by atomic mass is 35.5. The van der Waals surface area contributed by atoms with Crippen molar-refractivity contribution < 1.29 is 14.0 Å². The Labute approximate surface area is 136 Å². The fraction of sp³-hybridized carbons (Fsp3) is 0.600. The Kier molecular flexibility index (Phi) is 6.90. The van der Waals surface area contributed by atoms with Crippen LogP contribution in [-0.4, -0.2) is 42.4 Å². The standard InChI is InChI=1S/C15H23N3O3.ClH/c1-10(2)13(17-14(19)12-4-3-7-21-12)15(20)18-6-5-11(8-16)9-18;/h3-4,7,10-11,13H,5-6,8-9,16H2,1-2H3,(H,17,19);1H. The third kappa shape index (κ3) is 4.24. The second-order valence-electron chi connectivity index (χ2n) is 5.85. The molecule has 0 bridgehead atoms. The van der Waals surface area contributed by atoms with Crippen LogP contribution in [0.5, 0.6) is 0 Å². The number of amides is 2. The van der Waals surface area contributed by atoms with Gasteiger partial charge in [0.05, 0.1) is 6.26 Å². The van der Waals surface area contributed by atoms with Gasteiger partial charge in [-0.25, -0.2) is 0 Å². The normalized spacial score (nSPS) is 18.9. The molecule has 1 fully saturated rings. The molecule has 2 amide bonds. The van der Waals surface area contributed by atoms with Crippen molar-refractivity contribution in [2.24, 2.45) is 17.6 Å². The van der Waals surface area contributed by atoms with E-state index in [0.717, 1.165) is 6.42 Å². The molecule has 2 atom stereocenters. The number of nitrogens with one attached hydrogen (secondary N) is 1. The minimum Gasteiger partial charge on any atom is -0.459 e. The van der Waals surface area contributed by atoms with Crippen LogP contribution in [0.4, 0.5) is 0 Å². The molecule has 3 N–H and O–H groups in total. The summed E-state index contributed by atoms with van der Waals surface area (Å²) in [4.78, 5) is 26.5. The van der Waals surface area contributed by atoms with Crippen molar-refractivity contribution in [3.8, 4) is 0 Å². The number of carbonyl (C=O) groups is 2. The van der Waals surface area contributed by atoms with Gasteiger partial charge in [0, 0.05) is 13.1 Å². The topological polar surface area (TPSA) is 88.6 Å². The fourth-order valence-corrected chi connectivity index (χ4v) is 2.56. The molecule has 2 rings (SSSR count). The minimum atomic E-state index is -0.542. The first-order valence-corrected chi connectivity index (χ1v) is 7.36. The molecule has 22 heavy (non-hydrogen) atoms. The molecule has 1 aromatic rings. The number of rotatable bonds is 5. The molecule has 0 spiro atoms. The molecule has 2 heterocycles. The maximum absolute atomic E-state index is 12.6. The summed E-state index contributed by atoms with van der Waals surface area (Å²) in [6.07, 6.45) is 2.37. The summed E-state index contributed by atoms with van der Waals surface area (Å²) in [5.74, 6) is 0.188. The van der Waals surface area contributed by atoms with Gasteiger partial charge in [0.25, 0.3) is 5.91 Å². The smallest absolute Gasteiger partial charge is 0.287 e. The molecule has 0 aliphatic carbocycles. The van der Waals surface area contributed by atoms with E-state index < -0.39 is 6.04 Å². The zero-order chi connectivity index (χ0) is 15.4. The Bertz CT molecular complexity index is 490. The van der Waals surface area contributed by atoms with Crippen LogP contribution in [0, 0.1) is 11.8 Å². The molecule has 1 aromatic heterocycles. The van der Waals surface area contributed by atoms with E-state index in [4.69, 9.17) is 10.2 Å². The molecule has 1 saturated heterocycles. The predicted molar refractivity (Wildman–Crippen MR) is 85.8 cm³/mol. The molecule has 124 valence electrons. The number of hydrogen-bond acceptors (Lipinski definition) is 4. The second-order valence-corrected chi connectivity index (χ2v) is 5.85. The van der Waals surface area contributed by atoms with Crippen LogP contribution in [0.2, 0.25) is 0 Å². The van der Waals surface area contributed by atoms with Gasteiger partial charge in [0.15, 0.2) is 5.76 Å². The van der Waals surface area contributed by atoms with Gasteiger partial charge < -0.3 is 20.4 Å². The quantitative estimate of drug-likeness (QED) is 0.851. The van der Waals surface area contributed by atoms with Gasteiger partial charge in [-0.05, 0) is 36.9 Å². The summed E-state index contributed by atoms with van der Waals surface area (Å²) in [6.45, 7) is 5.81. The Hall–Kier alpha value is -1.53. The van der Waals surface area contributed by atoms with Crippen LogP contribution < -0.4 is 11.1 Å². The van der Waals surface area contributed by atoms with Crippen LogP contribution in [0.1, 0.15) is 30.8 Å². The van der Waals surface area contributed by atoms with E-state index in [0.29, 0.717) is 25.6 Å². The van der Waals surface area contributed by atoms with Gasteiger partial charge in [0.2, 0.25) is 5.91 Å². The first kappa shape index (κ1) is 18.5. The fourth-order valence-electron chi connectivity index (χ4n) is 2.56. The number of nitrogens with zero attached hydrogens (tertiary/aromatic N) is 1. The molecular formula is C15H24ClN3O3. The van der Waals surface area contributed by atoms with Gasteiger partial charge >= 0.3 is 0 Å². The van der Waals surface area contributed by atoms with Crippen molar-refractivity contribution in [1.29, 1.82) is 0 Å². The maximum Gasteiger partial charge on any atom is 0.287 e. The van der Waals surface area contributed by atoms with Gasteiger partial charge in [-0.1, -0.05) is 13.8 Å². The van der Waals surface area contributed by atoms with Gasteiger partial charge in [-0.3, -0.25) is 9.59 Å². The summed E-state index contributed by atoms with van der Waals surface area (Å²) in [6, 6.07) is 2.68. The van der Waals surface area contributed by atoms with E-state index in [1.165, 1.54) is 6.26 Å². The monoisotopic (exact) mass is 329 g/mol. The predicted octanol–water partition coefficient (Wildman–Crippen LogP) is 1.26. The zero-order valence-corrected chi connectivity index (χ0v) is 13.8. The number of furan rings is 1. The molecule has 6 nitrogen and oxygen atoms in total. The van der Waals surface area contributed by atoms with E-state index in [9.17, 15) is 9.59 Å². The summed E-state index contributed by atoms with van der Waals surface area (Å²) < 4.78 is 5.06. The van der Waals surface area contributed by atoms with Crippen LogP contribution >= 0.6 is 12.4 Å². The molecule has 1 aliphatic heterocycles. The highest BCUT2D eigenvalue weighted by Gasteiger charge is 2.33. The van der Waals surface area contributed by atoms with Gasteiger partial charge in [0.1, 0.15) is 6.04 Å². The maximum atomic E-state index is 12.6. The van der Waals surface area contributed by atoms with Gasteiger partial charge in [-0.15, -0.1) is 12.4 Å². The number of hydrogen-bond donors (Lipinski definition) is 2. The molecule has 1 aliphatic rings. The third-order valence-corrected chi connectivity index (χ3v) is 3.90. The lowest BCUT2D eigenvalue weighted by molar-refractivity contribution is -0.133. The average molecular weight is 330 g/mol.